The third-order valence-electron chi connectivity index (χ3n) is 3.66. The molecule has 25 heavy (non-hydrogen) atoms. The highest BCUT2D eigenvalue weighted by Crippen LogP contribution is 2.36. The van der Waals surface area contributed by atoms with Crippen molar-refractivity contribution < 1.29 is 4.79 Å². The third kappa shape index (κ3) is 4.14. The summed E-state index contributed by atoms with van der Waals surface area (Å²) >= 11 is 1.58. The second kappa shape index (κ2) is 6.80. The number of carbonyl (C=O) groups excluding carboxylic acids is 1. The van der Waals surface area contributed by atoms with Gasteiger partial charge in [-0.2, -0.15) is 0 Å². The van der Waals surface area contributed by atoms with Crippen molar-refractivity contribution in [1.82, 2.24) is 15.3 Å². The van der Waals surface area contributed by atoms with E-state index in [0.717, 1.165) is 21.3 Å². The van der Waals surface area contributed by atoms with Crippen LogP contribution in [0.3, 0.4) is 0 Å². The Labute approximate surface area is 151 Å². The zero-order valence-electron chi connectivity index (χ0n) is 14.9. The van der Waals surface area contributed by atoms with Gasteiger partial charge < -0.3 is 10.6 Å². The molecule has 6 heteroatoms. The fourth-order valence-corrected chi connectivity index (χ4v) is 3.50. The molecule has 0 bridgehead atoms. The van der Waals surface area contributed by atoms with Crippen LogP contribution in [0.5, 0.6) is 0 Å². The van der Waals surface area contributed by atoms with Gasteiger partial charge in [0.1, 0.15) is 17.0 Å². The Hall–Kier alpha value is -2.47. The van der Waals surface area contributed by atoms with Crippen molar-refractivity contribution >= 4 is 33.3 Å². The van der Waals surface area contributed by atoms with E-state index < -0.39 is 0 Å². The van der Waals surface area contributed by atoms with Crippen LogP contribution < -0.4 is 10.6 Å². The fraction of sp³-hybridized carbons (Fsp3) is 0.316. The van der Waals surface area contributed by atoms with E-state index >= 15 is 0 Å². The fourth-order valence-electron chi connectivity index (χ4n) is 2.58. The molecule has 0 aliphatic heterocycles. The first-order valence-corrected chi connectivity index (χ1v) is 9.05. The number of aryl methyl sites for hydroxylation is 1. The Kier molecular flexibility index (Phi) is 4.72. The molecule has 0 atom stereocenters. The first-order chi connectivity index (χ1) is 11.8. The van der Waals surface area contributed by atoms with E-state index in [1.165, 1.54) is 11.9 Å². The highest BCUT2D eigenvalue weighted by atomic mass is 32.1. The molecule has 2 N–H and O–H groups in total. The zero-order chi connectivity index (χ0) is 18.0. The summed E-state index contributed by atoms with van der Waals surface area (Å²) in [4.78, 5) is 21.7. The maximum Gasteiger partial charge on any atom is 0.239 e. The topological polar surface area (TPSA) is 66.9 Å². The number of thiophene rings is 1. The number of nitrogens with zero attached hydrogens (tertiary/aromatic N) is 2. The summed E-state index contributed by atoms with van der Waals surface area (Å²) in [7, 11) is 0. The Morgan fingerprint density at radius 1 is 1.16 bits per heavy atom. The average Bonchev–Trinajstić information content (AvgIpc) is 2.97. The Morgan fingerprint density at radius 2 is 1.88 bits per heavy atom. The van der Waals surface area contributed by atoms with Crippen molar-refractivity contribution in [2.45, 2.75) is 33.2 Å². The van der Waals surface area contributed by atoms with Gasteiger partial charge in [-0.3, -0.25) is 4.79 Å². The number of fused-ring (bicyclic) bond motifs is 1. The molecule has 0 aliphatic carbocycles. The lowest BCUT2D eigenvalue weighted by molar-refractivity contribution is -0.120. The molecule has 0 saturated heterocycles. The number of hydrogen-bond donors (Lipinski definition) is 2. The molecule has 3 aromatic rings. The zero-order valence-corrected chi connectivity index (χ0v) is 15.7. The molecule has 2 heterocycles. The maximum absolute atomic E-state index is 12.1. The van der Waals surface area contributed by atoms with Gasteiger partial charge in [-0.15, -0.1) is 11.3 Å². The summed E-state index contributed by atoms with van der Waals surface area (Å²) < 4.78 is 0. The maximum atomic E-state index is 12.1. The van der Waals surface area contributed by atoms with Gasteiger partial charge in [0, 0.05) is 16.5 Å². The summed E-state index contributed by atoms with van der Waals surface area (Å²) in [6.07, 6.45) is 1.53. The van der Waals surface area contributed by atoms with E-state index in [2.05, 4.69) is 57.2 Å². The highest BCUT2D eigenvalue weighted by molar-refractivity contribution is 7.17. The molecule has 0 unspecified atom stereocenters. The molecule has 0 aliphatic rings. The van der Waals surface area contributed by atoms with Gasteiger partial charge in [0.05, 0.1) is 11.9 Å². The second-order valence-electron chi connectivity index (χ2n) is 7.07. The van der Waals surface area contributed by atoms with Crippen molar-refractivity contribution in [3.8, 4) is 11.1 Å². The molecular formula is C19H22N4OS. The summed E-state index contributed by atoms with van der Waals surface area (Å²) in [5.74, 6) is 0.622. The normalized spacial score (nSPS) is 11.5. The molecular weight excluding hydrogens is 332 g/mol. The lowest BCUT2D eigenvalue weighted by Crippen LogP contribution is -2.43. The molecule has 0 radical (unpaired) electrons. The molecule has 0 saturated carbocycles. The lowest BCUT2D eigenvalue weighted by atomic mass is 10.0. The lowest BCUT2D eigenvalue weighted by Gasteiger charge is -2.20. The van der Waals surface area contributed by atoms with Gasteiger partial charge in [0.2, 0.25) is 5.91 Å². The molecule has 1 aromatic carbocycles. The Morgan fingerprint density at radius 3 is 2.56 bits per heavy atom. The quantitative estimate of drug-likeness (QED) is 0.743. The van der Waals surface area contributed by atoms with Crippen molar-refractivity contribution in [3.05, 3.63) is 41.5 Å². The van der Waals surface area contributed by atoms with Crippen LogP contribution in [0.1, 0.15) is 26.3 Å². The number of carbonyl (C=O) groups is 1. The van der Waals surface area contributed by atoms with Crippen LogP contribution in [-0.2, 0) is 4.79 Å². The van der Waals surface area contributed by atoms with Crippen LogP contribution in [0.15, 0.2) is 36.0 Å². The molecule has 0 fully saturated rings. The van der Waals surface area contributed by atoms with Crippen LogP contribution in [0.25, 0.3) is 21.3 Å². The van der Waals surface area contributed by atoms with Crippen LogP contribution in [-0.4, -0.2) is 28.0 Å². The number of nitrogens with one attached hydrogen (secondary N) is 2. The molecule has 0 spiro atoms. The largest absolute Gasteiger partial charge is 0.360 e. The molecule has 2 aromatic heterocycles. The van der Waals surface area contributed by atoms with Crippen molar-refractivity contribution in [3.63, 3.8) is 0 Å². The van der Waals surface area contributed by atoms with Crippen molar-refractivity contribution in [1.29, 1.82) is 0 Å². The number of aromatic nitrogens is 2. The van der Waals surface area contributed by atoms with Crippen LogP contribution in [0.2, 0.25) is 0 Å². The minimum Gasteiger partial charge on any atom is -0.360 e. The number of amides is 1. The average molecular weight is 354 g/mol. The number of anilines is 1. The van der Waals surface area contributed by atoms with Crippen LogP contribution in [0.4, 0.5) is 5.82 Å². The smallest absolute Gasteiger partial charge is 0.239 e. The number of benzene rings is 1. The molecule has 130 valence electrons. The minimum absolute atomic E-state index is 0.0635. The van der Waals surface area contributed by atoms with E-state index in [-0.39, 0.29) is 18.0 Å². The van der Waals surface area contributed by atoms with Gasteiger partial charge in [-0.25, -0.2) is 9.97 Å². The summed E-state index contributed by atoms with van der Waals surface area (Å²) in [5, 5.41) is 9.15. The van der Waals surface area contributed by atoms with Gasteiger partial charge in [0.25, 0.3) is 0 Å². The minimum atomic E-state index is -0.255. The van der Waals surface area contributed by atoms with E-state index in [9.17, 15) is 4.79 Å². The first-order valence-electron chi connectivity index (χ1n) is 8.17. The second-order valence-corrected chi connectivity index (χ2v) is 7.93. The van der Waals surface area contributed by atoms with Crippen LogP contribution >= 0.6 is 11.3 Å². The first kappa shape index (κ1) is 17.4. The summed E-state index contributed by atoms with van der Waals surface area (Å²) in [5.41, 5.74) is 3.17. The van der Waals surface area contributed by atoms with E-state index in [1.807, 2.05) is 20.8 Å². The van der Waals surface area contributed by atoms with Gasteiger partial charge in [-0.05, 0) is 33.3 Å². The van der Waals surface area contributed by atoms with E-state index in [0.29, 0.717) is 5.82 Å². The number of rotatable bonds is 4. The van der Waals surface area contributed by atoms with Gasteiger partial charge in [0.15, 0.2) is 0 Å². The molecule has 1 amide bonds. The van der Waals surface area contributed by atoms with Crippen molar-refractivity contribution in [2.75, 3.05) is 11.9 Å². The molecule has 5 nitrogen and oxygen atoms in total. The number of hydrogen-bond acceptors (Lipinski definition) is 5. The summed E-state index contributed by atoms with van der Waals surface area (Å²) in [6, 6.07) is 8.37. The predicted octanol–water partition coefficient (Wildman–Crippen LogP) is 3.99. The van der Waals surface area contributed by atoms with Crippen LogP contribution in [0, 0.1) is 6.92 Å². The third-order valence-corrected chi connectivity index (χ3v) is 4.55. The standard InChI is InChI=1S/C19H22N4OS/c1-12-5-7-13(8-6-12)14-10-25-18-16(14)17(21-11-22-18)20-9-15(24)23-19(2,3)4/h5-8,10-11H,9H2,1-4H3,(H,23,24)(H,20,21,22). The predicted molar refractivity (Wildman–Crippen MR) is 104 cm³/mol. The van der Waals surface area contributed by atoms with E-state index in [4.69, 9.17) is 0 Å². The van der Waals surface area contributed by atoms with E-state index in [1.54, 1.807) is 11.3 Å². The highest BCUT2D eigenvalue weighted by Gasteiger charge is 2.16. The Bertz CT molecular complexity index is 894. The monoisotopic (exact) mass is 354 g/mol. The van der Waals surface area contributed by atoms with Gasteiger partial charge >= 0.3 is 0 Å². The summed E-state index contributed by atoms with van der Waals surface area (Å²) in [6.45, 7) is 8.12. The van der Waals surface area contributed by atoms with Crippen molar-refractivity contribution in [2.24, 2.45) is 0 Å². The molecule has 3 rings (SSSR count). The van der Waals surface area contributed by atoms with Gasteiger partial charge in [-0.1, -0.05) is 29.8 Å². The Balaban J connectivity index is 1.90. The SMILES string of the molecule is Cc1ccc(-c2csc3ncnc(NCC(=O)NC(C)(C)C)c23)cc1.